The summed E-state index contributed by atoms with van der Waals surface area (Å²) in [5.74, 6) is 0.928. The Morgan fingerprint density at radius 3 is 2.02 bits per heavy atom. The van der Waals surface area contributed by atoms with Crippen LogP contribution < -0.4 is 0 Å². The minimum atomic E-state index is -0.337. The number of hydrogen-bond donors (Lipinski definition) is 1. The van der Waals surface area contributed by atoms with Gasteiger partial charge < -0.3 is 5.11 Å². The Bertz CT molecular complexity index is 2230. The van der Waals surface area contributed by atoms with Crippen LogP contribution >= 0.6 is 11.3 Å². The number of aryl methyl sites for hydroxylation is 2. The standard InChI is InChI=1S/C35H30NS.C15H28O2.Ir/c1-22(2)16-25-17-23(3)34(24(4)18-25)31-21-33(36-32-14-15-37-35(31)32)28-19-27-12-8-9-13-29(27)30(20-28)26-10-6-5-7-11-26;1-7-14(5,8-2)12(16)11-13(17)15(6,9-3)10-4;/h5-15,17-18,20-22H,16H2,1-4H3;11,16H,7-10H2,1-6H3;/q-1;;/b;12-11-;. The number of thiophene rings is 1. The van der Waals surface area contributed by atoms with Gasteiger partial charge in [-0.15, -0.1) is 34.9 Å². The van der Waals surface area contributed by atoms with Gasteiger partial charge in [-0.2, -0.15) is 0 Å². The van der Waals surface area contributed by atoms with Crippen LogP contribution in [0.4, 0.5) is 0 Å². The Hall–Kier alpha value is -3.89. The monoisotopic (exact) mass is 929 g/mol. The van der Waals surface area contributed by atoms with Crippen molar-refractivity contribution < 1.29 is 30.0 Å². The normalized spacial score (nSPS) is 12.1. The number of rotatable bonds is 12. The molecule has 5 heteroatoms. The Labute approximate surface area is 347 Å². The Morgan fingerprint density at radius 1 is 0.818 bits per heavy atom. The van der Waals surface area contributed by atoms with E-state index in [-0.39, 0.29) is 42.5 Å². The molecule has 2 aromatic heterocycles. The van der Waals surface area contributed by atoms with Gasteiger partial charge in [-0.25, -0.2) is 0 Å². The number of benzene rings is 4. The van der Waals surface area contributed by atoms with Crippen molar-refractivity contribution in [3.05, 3.63) is 125 Å². The molecule has 0 fully saturated rings. The Morgan fingerprint density at radius 2 is 1.42 bits per heavy atom. The molecule has 1 radical (unpaired) electrons. The van der Waals surface area contributed by atoms with Crippen molar-refractivity contribution in [1.82, 2.24) is 4.98 Å². The fourth-order valence-electron chi connectivity index (χ4n) is 7.26. The molecule has 0 amide bonds. The summed E-state index contributed by atoms with van der Waals surface area (Å²) in [5.41, 5.74) is 11.5. The maximum atomic E-state index is 12.2. The second-order valence-corrected chi connectivity index (χ2v) is 16.7. The SMILES string of the molecule is CCC(C)(CC)C(=O)/C=C(\O)C(C)(CC)CC.Cc1cc(CC(C)C)cc(C)c1-c1cc(-c2[c-]c3ccccc3c(-c3ccccc3)c2)nc2ccsc12.[Ir]. The van der Waals surface area contributed by atoms with E-state index in [1.807, 2.05) is 41.5 Å². The molecule has 6 rings (SSSR count). The third-order valence-electron chi connectivity index (χ3n) is 11.7. The first-order valence-electron chi connectivity index (χ1n) is 19.7. The van der Waals surface area contributed by atoms with Gasteiger partial charge in [0, 0.05) is 42.7 Å². The predicted octanol–water partition coefficient (Wildman–Crippen LogP) is 14.7. The van der Waals surface area contributed by atoms with Crippen LogP contribution in [0.25, 0.3) is 54.5 Å². The van der Waals surface area contributed by atoms with Crippen LogP contribution in [0.3, 0.4) is 0 Å². The molecule has 2 heterocycles. The number of allylic oxidation sites excluding steroid dienone is 2. The average Bonchev–Trinajstić information content (AvgIpc) is 3.66. The molecule has 6 aromatic rings. The number of aromatic nitrogens is 1. The maximum absolute atomic E-state index is 12.2. The van der Waals surface area contributed by atoms with Crippen molar-refractivity contribution in [2.24, 2.45) is 16.7 Å². The molecule has 0 atom stereocenters. The minimum Gasteiger partial charge on any atom is -0.512 e. The minimum absolute atomic E-state index is 0. The molecular weight excluding hydrogens is 871 g/mol. The summed E-state index contributed by atoms with van der Waals surface area (Å²) in [6.07, 6.45) is 5.86. The van der Waals surface area contributed by atoms with Gasteiger partial charge in [0.25, 0.3) is 0 Å². The summed E-state index contributed by atoms with van der Waals surface area (Å²) in [4.78, 5) is 17.3. The molecule has 1 N–H and O–H groups in total. The first-order valence-corrected chi connectivity index (χ1v) is 20.6. The Kier molecular flexibility index (Phi) is 15.0. The third-order valence-corrected chi connectivity index (χ3v) is 12.6. The van der Waals surface area contributed by atoms with E-state index in [0.29, 0.717) is 5.92 Å². The zero-order valence-electron chi connectivity index (χ0n) is 34.4. The maximum Gasteiger partial charge on any atom is 0.164 e. The van der Waals surface area contributed by atoms with Crippen LogP contribution in [-0.2, 0) is 31.3 Å². The van der Waals surface area contributed by atoms with E-state index in [1.165, 1.54) is 55.1 Å². The quantitative estimate of drug-likeness (QED) is 0.0756. The molecule has 0 aliphatic carbocycles. The first kappa shape index (κ1) is 43.8. The van der Waals surface area contributed by atoms with Crippen LogP contribution in [0.5, 0.6) is 0 Å². The number of aliphatic hydroxyl groups excluding tert-OH is 1. The molecule has 0 saturated heterocycles. The Balaban J connectivity index is 0.000000320. The van der Waals surface area contributed by atoms with Crippen molar-refractivity contribution in [1.29, 1.82) is 0 Å². The van der Waals surface area contributed by atoms with Crippen molar-refractivity contribution in [2.45, 2.75) is 101 Å². The smallest absolute Gasteiger partial charge is 0.164 e. The predicted molar refractivity (Wildman–Crippen MR) is 233 cm³/mol. The van der Waals surface area contributed by atoms with Gasteiger partial charge in [0.2, 0.25) is 0 Å². The van der Waals surface area contributed by atoms with Gasteiger partial charge in [0.15, 0.2) is 5.78 Å². The van der Waals surface area contributed by atoms with E-state index in [0.717, 1.165) is 54.3 Å². The van der Waals surface area contributed by atoms with E-state index in [2.05, 4.69) is 124 Å². The topological polar surface area (TPSA) is 50.2 Å². The molecule has 3 nitrogen and oxygen atoms in total. The molecular formula is C50H58IrNO2S-. The summed E-state index contributed by atoms with van der Waals surface area (Å²) in [5, 5.41) is 14.6. The van der Waals surface area contributed by atoms with Crippen molar-refractivity contribution in [2.75, 3.05) is 0 Å². The van der Waals surface area contributed by atoms with Gasteiger partial charge in [0.1, 0.15) is 5.76 Å². The fourth-order valence-corrected chi connectivity index (χ4v) is 8.11. The zero-order chi connectivity index (χ0) is 39.2. The number of aliphatic hydroxyl groups is 1. The summed E-state index contributed by atoms with van der Waals surface area (Å²) in [7, 11) is 0. The first-order chi connectivity index (χ1) is 25.8. The van der Waals surface area contributed by atoms with Crippen LogP contribution in [0.15, 0.2) is 102 Å². The molecule has 0 unspecified atom stereocenters. The van der Waals surface area contributed by atoms with Crippen molar-refractivity contribution in [3.63, 3.8) is 0 Å². The molecule has 291 valence electrons. The summed E-state index contributed by atoms with van der Waals surface area (Å²) in [6.45, 7) is 21.2. The summed E-state index contributed by atoms with van der Waals surface area (Å²) in [6, 6.07) is 34.3. The zero-order valence-corrected chi connectivity index (χ0v) is 37.6. The van der Waals surface area contributed by atoms with Crippen LogP contribution in [0.1, 0.15) is 97.8 Å². The van der Waals surface area contributed by atoms with E-state index in [9.17, 15) is 9.90 Å². The number of pyridine rings is 1. The average molecular weight is 929 g/mol. The number of fused-ring (bicyclic) bond motifs is 2. The molecule has 0 saturated carbocycles. The van der Waals surface area contributed by atoms with E-state index >= 15 is 0 Å². The van der Waals surface area contributed by atoms with Gasteiger partial charge in [-0.1, -0.05) is 139 Å². The summed E-state index contributed by atoms with van der Waals surface area (Å²) >= 11 is 1.77. The molecule has 0 aliphatic heterocycles. The van der Waals surface area contributed by atoms with E-state index in [4.69, 9.17) is 4.98 Å². The van der Waals surface area contributed by atoms with Crippen LogP contribution in [0, 0.1) is 36.7 Å². The molecule has 4 aromatic carbocycles. The number of carbonyl (C=O) groups excluding carboxylic acids is 1. The number of nitrogens with zero attached hydrogens (tertiary/aromatic N) is 1. The molecule has 55 heavy (non-hydrogen) atoms. The summed E-state index contributed by atoms with van der Waals surface area (Å²) < 4.78 is 1.25. The van der Waals surface area contributed by atoms with Crippen molar-refractivity contribution in [3.8, 4) is 33.5 Å². The van der Waals surface area contributed by atoms with E-state index < -0.39 is 0 Å². The number of carbonyl (C=O) groups is 1. The van der Waals surface area contributed by atoms with Crippen LogP contribution in [-0.4, -0.2) is 15.9 Å². The second-order valence-electron chi connectivity index (χ2n) is 15.8. The molecule has 0 aliphatic rings. The van der Waals surface area contributed by atoms with Gasteiger partial charge in [0.05, 0.1) is 10.2 Å². The fraction of sp³-hybridized carbons (Fsp3) is 0.360. The number of hydrogen-bond acceptors (Lipinski definition) is 4. The van der Waals surface area contributed by atoms with Gasteiger partial charge in [-0.05, 0) is 96.7 Å². The number of ketones is 1. The molecule has 0 bridgehead atoms. The third kappa shape index (κ3) is 9.74. The van der Waals surface area contributed by atoms with E-state index in [1.54, 1.807) is 11.3 Å². The molecule has 0 spiro atoms. The van der Waals surface area contributed by atoms with Gasteiger partial charge >= 0.3 is 0 Å². The second kappa shape index (κ2) is 18.8. The van der Waals surface area contributed by atoms with Gasteiger partial charge in [-0.3, -0.25) is 9.78 Å². The largest absolute Gasteiger partial charge is 0.512 e. The van der Waals surface area contributed by atoms with Crippen molar-refractivity contribution >= 4 is 38.1 Å². The van der Waals surface area contributed by atoms with Crippen LogP contribution in [0.2, 0.25) is 0 Å².